The molecule has 100 valence electrons. The second-order valence-corrected chi connectivity index (χ2v) is 6.74. The minimum absolute atomic E-state index is 0.0847. The van der Waals surface area contributed by atoms with Gasteiger partial charge in [-0.1, -0.05) is 11.8 Å². The Bertz CT molecular complexity index is 499. The van der Waals surface area contributed by atoms with Crippen LogP contribution in [0.5, 0.6) is 0 Å². The zero-order valence-electron chi connectivity index (χ0n) is 10.6. The molecule has 0 saturated carbocycles. The molecular formula is C14H17N3OS. The topological polar surface area (TPSA) is 44.4 Å². The highest BCUT2D eigenvalue weighted by Crippen LogP contribution is 2.41. The van der Waals surface area contributed by atoms with Crippen molar-refractivity contribution in [1.82, 2.24) is 15.5 Å². The van der Waals surface area contributed by atoms with Crippen LogP contribution in [0.1, 0.15) is 19.3 Å². The summed E-state index contributed by atoms with van der Waals surface area (Å²) in [6.07, 6.45) is 13.4. The van der Waals surface area contributed by atoms with Gasteiger partial charge in [0, 0.05) is 35.4 Å². The lowest BCUT2D eigenvalue weighted by Crippen LogP contribution is -2.38. The van der Waals surface area contributed by atoms with E-state index in [0.29, 0.717) is 12.1 Å². The van der Waals surface area contributed by atoms with E-state index in [1.165, 1.54) is 29.7 Å². The number of carbonyl (C=O) groups is 1. The Hall–Kier alpha value is -1.20. The van der Waals surface area contributed by atoms with Crippen molar-refractivity contribution in [3.63, 3.8) is 0 Å². The summed E-state index contributed by atoms with van der Waals surface area (Å²) in [6.45, 7) is 0. The third-order valence-electron chi connectivity index (χ3n) is 4.44. The summed E-state index contributed by atoms with van der Waals surface area (Å²) in [5.74, 6) is 0. The molecule has 0 radical (unpaired) electrons. The minimum Gasteiger partial charge on any atom is -0.348 e. The highest BCUT2D eigenvalue weighted by molar-refractivity contribution is 8.04. The Balaban J connectivity index is 1.52. The van der Waals surface area contributed by atoms with E-state index < -0.39 is 0 Å². The molecule has 4 aliphatic heterocycles. The summed E-state index contributed by atoms with van der Waals surface area (Å²) in [6, 6.07) is 1.97. The molecule has 0 aromatic heterocycles. The van der Waals surface area contributed by atoms with Gasteiger partial charge in [0.15, 0.2) is 0 Å². The second kappa shape index (κ2) is 4.42. The maximum atomic E-state index is 10.5. The van der Waals surface area contributed by atoms with Crippen LogP contribution in [0, 0.1) is 0 Å². The number of thioether (sulfide) groups is 1. The fourth-order valence-electron chi connectivity index (χ4n) is 3.55. The minimum atomic E-state index is 0.0847. The van der Waals surface area contributed by atoms with Gasteiger partial charge in [0.2, 0.25) is 6.41 Å². The summed E-state index contributed by atoms with van der Waals surface area (Å²) >= 11 is 1.71. The molecule has 0 aromatic rings. The lowest BCUT2D eigenvalue weighted by molar-refractivity contribution is -0.109. The highest BCUT2D eigenvalue weighted by atomic mass is 32.2. The summed E-state index contributed by atoms with van der Waals surface area (Å²) in [4.78, 5) is 14.1. The number of amides is 1. The number of hydrogen-bond acceptors (Lipinski definition) is 4. The second-order valence-electron chi connectivity index (χ2n) is 5.55. The zero-order valence-corrected chi connectivity index (χ0v) is 11.4. The Labute approximate surface area is 117 Å². The van der Waals surface area contributed by atoms with Gasteiger partial charge >= 0.3 is 0 Å². The van der Waals surface area contributed by atoms with Crippen LogP contribution in [0.3, 0.4) is 0 Å². The average molecular weight is 275 g/mol. The number of fused-ring (bicyclic) bond motifs is 3. The SMILES string of the molecule is O=CNC1C=C2C=CN([C@@H]3C[C@H]4CC[C@@H]3N4)C=C2S1. The molecule has 4 rings (SSSR count). The van der Waals surface area contributed by atoms with Crippen LogP contribution in [0.2, 0.25) is 0 Å². The first-order valence-corrected chi connectivity index (χ1v) is 7.73. The lowest BCUT2D eigenvalue weighted by atomic mass is 9.94. The van der Waals surface area contributed by atoms with Gasteiger partial charge in [-0.05, 0) is 37.0 Å². The lowest BCUT2D eigenvalue weighted by Gasteiger charge is -2.32. The van der Waals surface area contributed by atoms with Gasteiger partial charge in [0.1, 0.15) is 0 Å². The third kappa shape index (κ3) is 1.92. The summed E-state index contributed by atoms with van der Waals surface area (Å²) in [5, 5.41) is 6.58. The molecular weight excluding hydrogens is 258 g/mol. The van der Waals surface area contributed by atoms with E-state index in [-0.39, 0.29) is 5.37 Å². The first-order chi connectivity index (χ1) is 9.33. The molecule has 4 aliphatic rings. The van der Waals surface area contributed by atoms with Gasteiger partial charge in [-0.25, -0.2) is 0 Å². The first kappa shape index (κ1) is 11.6. The first-order valence-electron chi connectivity index (χ1n) is 6.85. The van der Waals surface area contributed by atoms with Crippen LogP contribution in [-0.2, 0) is 4.79 Å². The third-order valence-corrected chi connectivity index (χ3v) is 5.56. The van der Waals surface area contributed by atoms with E-state index in [1.54, 1.807) is 11.8 Å². The summed E-state index contributed by atoms with van der Waals surface area (Å²) < 4.78 is 0. The number of allylic oxidation sites excluding steroid dienone is 2. The molecule has 5 heteroatoms. The number of carbonyl (C=O) groups excluding carboxylic acids is 1. The van der Waals surface area contributed by atoms with Gasteiger partial charge in [-0.15, -0.1) is 0 Å². The number of nitrogens with zero attached hydrogens (tertiary/aromatic N) is 1. The average Bonchev–Trinajstić information content (AvgIpc) is 3.12. The number of hydrogen-bond donors (Lipinski definition) is 2. The van der Waals surface area contributed by atoms with E-state index in [9.17, 15) is 4.79 Å². The van der Waals surface area contributed by atoms with Crippen molar-refractivity contribution in [3.05, 3.63) is 35.0 Å². The molecule has 4 heterocycles. The van der Waals surface area contributed by atoms with Crippen molar-refractivity contribution in [2.75, 3.05) is 0 Å². The van der Waals surface area contributed by atoms with Crippen LogP contribution >= 0.6 is 11.8 Å². The van der Waals surface area contributed by atoms with Crippen LogP contribution < -0.4 is 10.6 Å². The predicted molar refractivity (Wildman–Crippen MR) is 76.1 cm³/mol. The van der Waals surface area contributed by atoms with E-state index in [4.69, 9.17) is 0 Å². The van der Waals surface area contributed by atoms with Gasteiger partial charge in [0.25, 0.3) is 0 Å². The van der Waals surface area contributed by atoms with Crippen LogP contribution in [0.15, 0.2) is 35.0 Å². The molecule has 0 spiro atoms. The smallest absolute Gasteiger partial charge is 0.208 e. The molecule has 0 aromatic carbocycles. The molecule has 1 unspecified atom stereocenters. The van der Waals surface area contributed by atoms with Gasteiger partial charge in [-0.2, -0.15) is 0 Å². The molecule has 2 fully saturated rings. The number of nitrogens with one attached hydrogen (secondary N) is 2. The Morgan fingerprint density at radius 2 is 2.42 bits per heavy atom. The van der Waals surface area contributed by atoms with Gasteiger partial charge in [0.05, 0.1) is 5.37 Å². The van der Waals surface area contributed by atoms with E-state index in [1.807, 2.05) is 0 Å². The monoisotopic (exact) mass is 275 g/mol. The van der Waals surface area contributed by atoms with Crippen LogP contribution in [0.4, 0.5) is 0 Å². The van der Waals surface area contributed by atoms with Crippen molar-refractivity contribution in [2.24, 2.45) is 0 Å². The summed E-state index contributed by atoms with van der Waals surface area (Å²) in [5.41, 5.74) is 1.23. The van der Waals surface area contributed by atoms with Crippen LogP contribution in [0.25, 0.3) is 0 Å². The van der Waals surface area contributed by atoms with Crippen molar-refractivity contribution >= 4 is 18.2 Å². The van der Waals surface area contributed by atoms with Crippen molar-refractivity contribution in [2.45, 2.75) is 42.8 Å². The molecule has 0 aliphatic carbocycles. The van der Waals surface area contributed by atoms with E-state index in [2.05, 4.69) is 40.1 Å². The fourth-order valence-corrected chi connectivity index (χ4v) is 4.62. The Morgan fingerprint density at radius 3 is 3.16 bits per heavy atom. The van der Waals surface area contributed by atoms with Crippen molar-refractivity contribution in [1.29, 1.82) is 0 Å². The Kier molecular flexibility index (Phi) is 2.70. The zero-order chi connectivity index (χ0) is 12.8. The van der Waals surface area contributed by atoms with Gasteiger partial charge < -0.3 is 15.5 Å². The molecule has 19 heavy (non-hydrogen) atoms. The summed E-state index contributed by atoms with van der Waals surface area (Å²) in [7, 11) is 0. The molecule has 4 nitrogen and oxygen atoms in total. The molecule has 2 bridgehead atoms. The standard InChI is InChI=1S/C14H17N3OS/c18-8-15-14-5-9-3-4-17(7-13(9)19-14)12-6-10-1-2-11(12)16-10/h3-5,7-8,10-12,14,16H,1-2,6H2,(H,15,18)/t10-,11+,12-,14?/m1/s1. The molecule has 2 N–H and O–H groups in total. The van der Waals surface area contributed by atoms with E-state index >= 15 is 0 Å². The normalized spacial score (nSPS) is 39.1. The molecule has 4 atom stereocenters. The quantitative estimate of drug-likeness (QED) is 0.762. The number of rotatable bonds is 3. The highest BCUT2D eigenvalue weighted by Gasteiger charge is 2.41. The Morgan fingerprint density at radius 1 is 1.47 bits per heavy atom. The van der Waals surface area contributed by atoms with Crippen molar-refractivity contribution in [3.8, 4) is 0 Å². The molecule has 1 amide bonds. The largest absolute Gasteiger partial charge is 0.348 e. The maximum Gasteiger partial charge on any atom is 0.208 e. The van der Waals surface area contributed by atoms with E-state index in [0.717, 1.165) is 12.5 Å². The van der Waals surface area contributed by atoms with Crippen molar-refractivity contribution < 1.29 is 4.79 Å². The van der Waals surface area contributed by atoms with Gasteiger partial charge in [-0.3, -0.25) is 4.79 Å². The van der Waals surface area contributed by atoms with Crippen LogP contribution in [-0.4, -0.2) is 34.8 Å². The molecule has 2 saturated heterocycles. The fraction of sp³-hybridized carbons (Fsp3) is 0.500. The maximum absolute atomic E-state index is 10.5. The predicted octanol–water partition coefficient (Wildman–Crippen LogP) is 1.30.